The fraction of sp³-hybridized carbons (Fsp3) is 0.0769. The van der Waals surface area contributed by atoms with Crippen LogP contribution in [0.25, 0.3) is 0 Å². The number of hydrogen-bond donors (Lipinski definition) is 2. The first-order chi connectivity index (χ1) is 8.68. The van der Waals surface area contributed by atoms with E-state index in [1.807, 2.05) is 6.07 Å². The summed E-state index contributed by atoms with van der Waals surface area (Å²) in [6, 6.07) is 10.2. The second-order valence-electron chi connectivity index (χ2n) is 3.66. The third-order valence-electron chi connectivity index (χ3n) is 2.43. The van der Waals surface area contributed by atoms with E-state index in [1.165, 1.54) is 6.26 Å². The Kier molecular flexibility index (Phi) is 3.43. The predicted octanol–water partition coefficient (Wildman–Crippen LogP) is 1.66. The fourth-order valence-electron chi connectivity index (χ4n) is 1.46. The number of amides is 2. The molecule has 0 aliphatic carbocycles. The van der Waals surface area contributed by atoms with E-state index in [0.717, 1.165) is 0 Å². The molecule has 0 fully saturated rings. The molecule has 92 valence electrons. The first kappa shape index (κ1) is 11.9. The minimum Gasteiger partial charge on any atom is -0.469 e. The molecule has 2 amide bonds. The van der Waals surface area contributed by atoms with Gasteiger partial charge in [0.2, 0.25) is 0 Å². The third kappa shape index (κ3) is 2.57. The molecule has 0 radical (unpaired) electrons. The van der Waals surface area contributed by atoms with Gasteiger partial charge in [-0.2, -0.15) is 0 Å². The van der Waals surface area contributed by atoms with Crippen molar-refractivity contribution in [2.24, 2.45) is 0 Å². The molecule has 1 heterocycles. The summed E-state index contributed by atoms with van der Waals surface area (Å²) in [5.74, 6) is -0.280. The van der Waals surface area contributed by atoms with E-state index in [2.05, 4.69) is 10.9 Å². The van der Waals surface area contributed by atoms with E-state index in [-0.39, 0.29) is 5.91 Å². The van der Waals surface area contributed by atoms with Gasteiger partial charge in [0, 0.05) is 5.56 Å². The second kappa shape index (κ2) is 5.18. The lowest BCUT2D eigenvalue weighted by Crippen LogP contribution is -2.41. The molecule has 2 aromatic rings. The van der Waals surface area contributed by atoms with Crippen LogP contribution in [0.15, 0.2) is 47.1 Å². The molecule has 2 N–H and O–H groups in total. The first-order valence-corrected chi connectivity index (χ1v) is 5.38. The molecular formula is C13H12N2O3. The Balaban J connectivity index is 1.95. The lowest BCUT2D eigenvalue weighted by atomic mass is 10.2. The number of nitrogens with one attached hydrogen (secondary N) is 2. The molecule has 5 nitrogen and oxygen atoms in total. The van der Waals surface area contributed by atoms with Gasteiger partial charge in [0.05, 0.1) is 11.8 Å². The van der Waals surface area contributed by atoms with Crippen molar-refractivity contribution in [2.45, 2.75) is 6.92 Å². The van der Waals surface area contributed by atoms with Gasteiger partial charge < -0.3 is 4.42 Å². The Morgan fingerprint density at radius 3 is 2.28 bits per heavy atom. The van der Waals surface area contributed by atoms with Crippen LogP contribution in [0.2, 0.25) is 0 Å². The number of hydrogen-bond acceptors (Lipinski definition) is 3. The summed E-state index contributed by atoms with van der Waals surface area (Å²) in [4.78, 5) is 23.3. The first-order valence-electron chi connectivity index (χ1n) is 5.38. The van der Waals surface area contributed by atoms with Crippen LogP contribution in [0, 0.1) is 6.92 Å². The van der Waals surface area contributed by atoms with Gasteiger partial charge in [-0.25, -0.2) is 0 Å². The maximum Gasteiger partial charge on any atom is 0.273 e. The number of furan rings is 1. The van der Waals surface area contributed by atoms with Gasteiger partial charge >= 0.3 is 0 Å². The number of carbonyl (C=O) groups excluding carboxylic acids is 2. The number of hydrazine groups is 1. The minimum absolute atomic E-state index is 0.370. The topological polar surface area (TPSA) is 71.3 Å². The Hall–Kier alpha value is -2.56. The lowest BCUT2D eigenvalue weighted by molar-refractivity contribution is 0.0845. The zero-order valence-electron chi connectivity index (χ0n) is 9.77. The van der Waals surface area contributed by atoms with Crippen LogP contribution in [0.4, 0.5) is 0 Å². The van der Waals surface area contributed by atoms with Gasteiger partial charge in [0.15, 0.2) is 0 Å². The Morgan fingerprint density at radius 2 is 1.67 bits per heavy atom. The molecule has 0 saturated carbocycles. The van der Waals surface area contributed by atoms with E-state index in [9.17, 15) is 9.59 Å². The van der Waals surface area contributed by atoms with Gasteiger partial charge in [0.25, 0.3) is 11.8 Å². The maximum absolute atomic E-state index is 11.7. The van der Waals surface area contributed by atoms with Gasteiger partial charge in [-0.05, 0) is 25.1 Å². The van der Waals surface area contributed by atoms with Gasteiger partial charge in [-0.15, -0.1) is 0 Å². The molecule has 0 aliphatic rings. The van der Waals surface area contributed by atoms with Gasteiger partial charge in [-0.3, -0.25) is 20.4 Å². The van der Waals surface area contributed by atoms with Crippen molar-refractivity contribution < 1.29 is 14.0 Å². The van der Waals surface area contributed by atoms with Crippen molar-refractivity contribution in [1.29, 1.82) is 0 Å². The molecule has 0 spiro atoms. The van der Waals surface area contributed by atoms with Crippen LogP contribution in [0.1, 0.15) is 26.5 Å². The van der Waals surface area contributed by atoms with E-state index < -0.39 is 5.91 Å². The summed E-state index contributed by atoms with van der Waals surface area (Å²) in [5, 5.41) is 0. The molecule has 0 unspecified atom stereocenters. The van der Waals surface area contributed by atoms with Gasteiger partial charge in [-0.1, -0.05) is 18.2 Å². The molecule has 0 atom stereocenters. The average molecular weight is 244 g/mol. The summed E-state index contributed by atoms with van der Waals surface area (Å²) in [6.45, 7) is 1.67. The highest BCUT2D eigenvalue weighted by atomic mass is 16.3. The molecule has 18 heavy (non-hydrogen) atoms. The van der Waals surface area contributed by atoms with Crippen LogP contribution < -0.4 is 10.9 Å². The third-order valence-corrected chi connectivity index (χ3v) is 2.43. The summed E-state index contributed by atoms with van der Waals surface area (Å²) in [7, 11) is 0. The fourth-order valence-corrected chi connectivity index (χ4v) is 1.46. The van der Waals surface area contributed by atoms with E-state index in [0.29, 0.717) is 16.9 Å². The average Bonchev–Trinajstić information content (AvgIpc) is 2.83. The Bertz CT molecular complexity index is 561. The van der Waals surface area contributed by atoms with Crippen molar-refractivity contribution in [1.82, 2.24) is 10.9 Å². The number of aryl methyl sites for hydroxylation is 1. The lowest BCUT2D eigenvalue weighted by Gasteiger charge is -2.06. The van der Waals surface area contributed by atoms with Crippen molar-refractivity contribution in [3.05, 3.63) is 59.5 Å². The van der Waals surface area contributed by atoms with Crippen molar-refractivity contribution >= 4 is 11.8 Å². The number of benzene rings is 1. The van der Waals surface area contributed by atoms with Crippen LogP contribution >= 0.6 is 0 Å². The highest BCUT2D eigenvalue weighted by Gasteiger charge is 2.12. The van der Waals surface area contributed by atoms with Crippen LogP contribution in [0.3, 0.4) is 0 Å². The van der Waals surface area contributed by atoms with Crippen molar-refractivity contribution in [2.75, 3.05) is 0 Å². The second-order valence-corrected chi connectivity index (χ2v) is 3.66. The molecule has 5 heteroatoms. The quantitative estimate of drug-likeness (QED) is 0.789. The summed E-state index contributed by atoms with van der Waals surface area (Å²) in [6.07, 6.45) is 1.42. The Labute approximate surface area is 104 Å². The normalized spacial score (nSPS) is 9.83. The minimum atomic E-state index is -0.412. The highest BCUT2D eigenvalue weighted by molar-refractivity contribution is 5.99. The maximum atomic E-state index is 11.7. The van der Waals surface area contributed by atoms with Crippen LogP contribution in [-0.2, 0) is 0 Å². The van der Waals surface area contributed by atoms with E-state index >= 15 is 0 Å². The molecule has 2 rings (SSSR count). The van der Waals surface area contributed by atoms with Crippen LogP contribution in [-0.4, -0.2) is 11.8 Å². The van der Waals surface area contributed by atoms with Gasteiger partial charge in [0.1, 0.15) is 5.76 Å². The molecule has 0 bridgehead atoms. The summed E-state index contributed by atoms with van der Waals surface area (Å²) >= 11 is 0. The zero-order valence-corrected chi connectivity index (χ0v) is 9.77. The molecule has 0 saturated heterocycles. The SMILES string of the molecule is Cc1occc1C(=O)NNC(=O)c1ccccc1. The smallest absolute Gasteiger partial charge is 0.273 e. The summed E-state index contributed by atoms with van der Waals surface area (Å²) in [5.41, 5.74) is 5.53. The monoisotopic (exact) mass is 244 g/mol. The predicted molar refractivity (Wildman–Crippen MR) is 64.8 cm³/mol. The van der Waals surface area contributed by atoms with Crippen molar-refractivity contribution in [3.63, 3.8) is 0 Å². The highest BCUT2D eigenvalue weighted by Crippen LogP contribution is 2.07. The standard InChI is InChI=1S/C13H12N2O3/c1-9-11(7-8-18-9)13(17)15-14-12(16)10-5-3-2-4-6-10/h2-8H,1H3,(H,14,16)(H,15,17). The molecule has 1 aromatic heterocycles. The van der Waals surface area contributed by atoms with Crippen LogP contribution in [0.5, 0.6) is 0 Å². The number of carbonyl (C=O) groups is 2. The van der Waals surface area contributed by atoms with Crippen molar-refractivity contribution in [3.8, 4) is 0 Å². The summed E-state index contributed by atoms with van der Waals surface area (Å²) < 4.78 is 5.00. The zero-order chi connectivity index (χ0) is 13.0. The molecule has 1 aromatic carbocycles. The number of rotatable bonds is 2. The Morgan fingerprint density at radius 1 is 1.00 bits per heavy atom. The largest absolute Gasteiger partial charge is 0.469 e. The molecular weight excluding hydrogens is 232 g/mol. The van der Waals surface area contributed by atoms with E-state index in [4.69, 9.17) is 4.42 Å². The van der Waals surface area contributed by atoms with E-state index in [1.54, 1.807) is 37.3 Å². The molecule has 0 aliphatic heterocycles.